The predicted octanol–water partition coefficient (Wildman–Crippen LogP) is 2.21. The second kappa shape index (κ2) is 5.27. The van der Waals surface area contributed by atoms with E-state index in [2.05, 4.69) is 0 Å². The summed E-state index contributed by atoms with van der Waals surface area (Å²) in [6, 6.07) is 3.29. The van der Waals surface area contributed by atoms with Gasteiger partial charge in [0.05, 0.1) is 12.8 Å². The summed E-state index contributed by atoms with van der Waals surface area (Å²) in [6.45, 7) is 5.57. The molecule has 0 unspecified atom stereocenters. The average Bonchev–Trinajstić information content (AvgIpc) is 2.37. The van der Waals surface area contributed by atoms with Gasteiger partial charge in [-0.15, -0.1) is 0 Å². The molecule has 6 nitrogen and oxygen atoms in total. The van der Waals surface area contributed by atoms with Gasteiger partial charge in [0.1, 0.15) is 11.4 Å². The number of hydrogen-bond acceptors (Lipinski definition) is 5. The van der Waals surface area contributed by atoms with Crippen molar-refractivity contribution in [3.8, 4) is 5.75 Å². The largest absolute Gasteiger partial charge is 0.495 e. The van der Waals surface area contributed by atoms with Gasteiger partial charge in [-0.3, -0.25) is 4.79 Å². The van der Waals surface area contributed by atoms with Gasteiger partial charge < -0.3 is 15.2 Å². The fourth-order valence-corrected chi connectivity index (χ4v) is 2.19. The lowest BCUT2D eigenvalue weighted by Crippen LogP contribution is -2.44. The van der Waals surface area contributed by atoms with Crippen LogP contribution >= 0.6 is 0 Å². The predicted molar refractivity (Wildman–Crippen MR) is 78.4 cm³/mol. The maximum absolute atomic E-state index is 12.4. The minimum absolute atomic E-state index is 0.286. The Kier molecular flexibility index (Phi) is 3.80. The molecule has 0 aromatic heterocycles. The number of nitrogen functional groups attached to an aromatic ring is 1. The van der Waals surface area contributed by atoms with E-state index in [1.807, 2.05) is 0 Å². The van der Waals surface area contributed by atoms with Crippen LogP contribution in [0.2, 0.25) is 0 Å². The molecule has 0 bridgehead atoms. The SMILES string of the molecule is COc1cc2c(cc1N)C(=O)N(C(=O)OC(C)(C)C)CC2. The number of imide groups is 1. The molecule has 0 spiro atoms. The number of rotatable bonds is 1. The summed E-state index contributed by atoms with van der Waals surface area (Å²) >= 11 is 0. The number of nitrogens with zero attached hydrogens (tertiary/aromatic N) is 1. The number of nitrogens with two attached hydrogens (primary N) is 1. The molecule has 0 aliphatic carbocycles. The molecule has 6 heteroatoms. The third-order valence-electron chi connectivity index (χ3n) is 3.15. The van der Waals surface area contributed by atoms with Crippen molar-refractivity contribution >= 4 is 17.7 Å². The van der Waals surface area contributed by atoms with Gasteiger partial charge in [-0.1, -0.05) is 0 Å². The van der Waals surface area contributed by atoms with E-state index in [-0.39, 0.29) is 12.5 Å². The molecule has 1 heterocycles. The van der Waals surface area contributed by atoms with Gasteiger partial charge >= 0.3 is 6.09 Å². The third-order valence-corrected chi connectivity index (χ3v) is 3.15. The number of anilines is 1. The first-order valence-electron chi connectivity index (χ1n) is 6.74. The molecular weight excluding hydrogens is 272 g/mol. The smallest absolute Gasteiger partial charge is 0.417 e. The van der Waals surface area contributed by atoms with Gasteiger partial charge in [0.2, 0.25) is 0 Å². The van der Waals surface area contributed by atoms with Crippen molar-refractivity contribution in [2.45, 2.75) is 32.8 Å². The highest BCUT2D eigenvalue weighted by Crippen LogP contribution is 2.30. The Morgan fingerprint density at radius 2 is 2.00 bits per heavy atom. The molecule has 0 saturated carbocycles. The maximum atomic E-state index is 12.4. The number of amides is 2. The Labute approximate surface area is 123 Å². The lowest BCUT2D eigenvalue weighted by atomic mass is 9.98. The number of hydrogen-bond donors (Lipinski definition) is 1. The van der Waals surface area contributed by atoms with Crippen LogP contribution in [0, 0.1) is 0 Å². The Balaban J connectivity index is 2.28. The van der Waals surface area contributed by atoms with E-state index in [9.17, 15) is 9.59 Å². The first kappa shape index (κ1) is 15.2. The summed E-state index contributed by atoms with van der Waals surface area (Å²) in [7, 11) is 1.52. The molecule has 0 atom stereocenters. The van der Waals surface area contributed by atoms with Crippen molar-refractivity contribution in [3.63, 3.8) is 0 Å². The van der Waals surface area contributed by atoms with Crippen LogP contribution in [0.4, 0.5) is 10.5 Å². The van der Waals surface area contributed by atoms with Crippen molar-refractivity contribution in [2.75, 3.05) is 19.4 Å². The monoisotopic (exact) mass is 292 g/mol. The van der Waals surface area contributed by atoms with Crippen LogP contribution in [-0.4, -0.2) is 36.2 Å². The molecule has 1 aromatic carbocycles. The molecule has 114 valence electrons. The van der Waals surface area contributed by atoms with Crippen molar-refractivity contribution in [3.05, 3.63) is 23.3 Å². The fourth-order valence-electron chi connectivity index (χ4n) is 2.19. The molecule has 1 aliphatic heterocycles. The van der Waals surface area contributed by atoms with Gasteiger partial charge in [-0.25, -0.2) is 9.69 Å². The van der Waals surface area contributed by atoms with E-state index in [4.69, 9.17) is 15.2 Å². The van der Waals surface area contributed by atoms with E-state index in [0.717, 1.165) is 10.5 Å². The van der Waals surface area contributed by atoms with E-state index in [1.54, 1.807) is 32.9 Å². The standard InChI is InChI=1S/C15H20N2O4/c1-15(2,3)21-14(19)17-6-5-9-7-12(20-4)11(16)8-10(9)13(17)18/h7-8H,5-6,16H2,1-4H3. The number of benzene rings is 1. The minimum atomic E-state index is -0.642. The van der Waals surface area contributed by atoms with Gasteiger partial charge in [-0.05, 0) is 44.9 Å². The second-order valence-electron chi connectivity index (χ2n) is 5.94. The number of methoxy groups -OCH3 is 1. The molecule has 21 heavy (non-hydrogen) atoms. The van der Waals surface area contributed by atoms with Crippen LogP contribution in [-0.2, 0) is 11.2 Å². The van der Waals surface area contributed by atoms with Gasteiger partial charge in [0.25, 0.3) is 5.91 Å². The van der Waals surface area contributed by atoms with E-state index in [0.29, 0.717) is 23.4 Å². The molecule has 1 aliphatic rings. The quantitative estimate of drug-likeness (QED) is 0.802. The number of carbonyl (C=O) groups is 2. The zero-order valence-corrected chi connectivity index (χ0v) is 12.7. The second-order valence-corrected chi connectivity index (χ2v) is 5.94. The Morgan fingerprint density at radius 3 is 2.57 bits per heavy atom. The fraction of sp³-hybridized carbons (Fsp3) is 0.467. The van der Waals surface area contributed by atoms with E-state index < -0.39 is 11.7 Å². The number of fused-ring (bicyclic) bond motifs is 1. The molecule has 2 amide bonds. The lowest BCUT2D eigenvalue weighted by Gasteiger charge is -2.30. The number of ether oxygens (including phenoxy) is 2. The minimum Gasteiger partial charge on any atom is -0.495 e. The zero-order valence-electron chi connectivity index (χ0n) is 12.7. The molecule has 1 aromatic rings. The van der Waals surface area contributed by atoms with Crippen LogP contribution in [0.15, 0.2) is 12.1 Å². The first-order chi connectivity index (χ1) is 9.73. The van der Waals surface area contributed by atoms with Gasteiger partial charge in [0, 0.05) is 12.1 Å². The summed E-state index contributed by atoms with van der Waals surface area (Å²) in [5.74, 6) is 0.145. The van der Waals surface area contributed by atoms with E-state index in [1.165, 1.54) is 7.11 Å². The topological polar surface area (TPSA) is 81.9 Å². The van der Waals surface area contributed by atoms with Gasteiger partial charge in [0.15, 0.2) is 0 Å². The summed E-state index contributed by atoms with van der Waals surface area (Å²) in [5, 5.41) is 0. The third kappa shape index (κ3) is 3.09. The van der Waals surface area contributed by atoms with Crippen LogP contribution in [0.3, 0.4) is 0 Å². The molecule has 0 radical (unpaired) electrons. The van der Waals surface area contributed by atoms with Crippen LogP contribution < -0.4 is 10.5 Å². The molecule has 2 rings (SSSR count). The van der Waals surface area contributed by atoms with Crippen molar-refractivity contribution in [1.29, 1.82) is 0 Å². The molecule has 2 N–H and O–H groups in total. The highest BCUT2D eigenvalue weighted by molar-refractivity contribution is 6.05. The first-order valence-corrected chi connectivity index (χ1v) is 6.74. The van der Waals surface area contributed by atoms with Crippen molar-refractivity contribution in [2.24, 2.45) is 0 Å². The highest BCUT2D eigenvalue weighted by Gasteiger charge is 2.32. The molecule has 0 fully saturated rings. The summed E-state index contributed by atoms with van der Waals surface area (Å²) < 4.78 is 10.4. The van der Waals surface area contributed by atoms with Gasteiger partial charge in [-0.2, -0.15) is 0 Å². The average molecular weight is 292 g/mol. The molecule has 0 saturated heterocycles. The van der Waals surface area contributed by atoms with Crippen LogP contribution in [0.5, 0.6) is 5.75 Å². The Hall–Kier alpha value is -2.24. The Bertz CT molecular complexity index is 590. The van der Waals surface area contributed by atoms with E-state index >= 15 is 0 Å². The summed E-state index contributed by atoms with van der Waals surface area (Å²) in [6.07, 6.45) is -0.0794. The lowest BCUT2D eigenvalue weighted by molar-refractivity contribution is 0.0233. The normalized spacial score (nSPS) is 14.7. The summed E-state index contributed by atoms with van der Waals surface area (Å²) in [4.78, 5) is 25.6. The van der Waals surface area contributed by atoms with Crippen molar-refractivity contribution in [1.82, 2.24) is 4.90 Å². The van der Waals surface area contributed by atoms with Crippen molar-refractivity contribution < 1.29 is 19.1 Å². The summed E-state index contributed by atoms with van der Waals surface area (Å²) in [5.41, 5.74) is 6.80. The zero-order chi connectivity index (χ0) is 15.8. The number of carbonyl (C=O) groups excluding carboxylic acids is 2. The highest BCUT2D eigenvalue weighted by atomic mass is 16.6. The molecular formula is C15H20N2O4. The van der Waals surface area contributed by atoms with Crippen LogP contribution in [0.25, 0.3) is 0 Å². The maximum Gasteiger partial charge on any atom is 0.417 e. The Morgan fingerprint density at radius 1 is 1.33 bits per heavy atom. The van der Waals surface area contributed by atoms with Crippen LogP contribution in [0.1, 0.15) is 36.7 Å².